The van der Waals surface area contributed by atoms with Gasteiger partial charge >= 0.3 is 6.18 Å². The van der Waals surface area contributed by atoms with E-state index in [0.717, 1.165) is 22.4 Å². The molecule has 1 aliphatic heterocycles. The number of carbonyl (C=O) groups is 1. The standard InChI is InChI=1S/C21H16F3N3O2/c1-13-12-18(28)19(20(29)26-11-10-14-6-2-4-8-16(14)26)25-27(13)17-9-5-3-7-15(17)21(22,23)24/h2-9,12H,10-11H2,1H3. The number of amides is 1. The molecule has 0 spiro atoms. The normalized spacial score (nSPS) is 13.4. The van der Waals surface area contributed by atoms with Crippen LogP contribution in [0.4, 0.5) is 18.9 Å². The van der Waals surface area contributed by atoms with Gasteiger partial charge in [0.25, 0.3) is 5.91 Å². The molecule has 0 unspecified atom stereocenters. The Morgan fingerprint density at radius 3 is 2.41 bits per heavy atom. The molecule has 0 saturated heterocycles. The molecular weight excluding hydrogens is 383 g/mol. The van der Waals surface area contributed by atoms with Crippen LogP contribution in [0.15, 0.2) is 59.4 Å². The fourth-order valence-electron chi connectivity index (χ4n) is 3.51. The van der Waals surface area contributed by atoms with E-state index < -0.39 is 28.8 Å². The van der Waals surface area contributed by atoms with Crippen molar-refractivity contribution in [1.29, 1.82) is 0 Å². The Bertz CT molecular complexity index is 1170. The SMILES string of the molecule is Cc1cc(=O)c(C(=O)N2CCc3ccccc32)nn1-c1ccccc1C(F)(F)F. The Morgan fingerprint density at radius 2 is 1.69 bits per heavy atom. The summed E-state index contributed by atoms with van der Waals surface area (Å²) in [6.45, 7) is 1.85. The van der Waals surface area contributed by atoms with Gasteiger partial charge in [0, 0.05) is 24.0 Å². The number of aromatic nitrogens is 2. The molecule has 0 bridgehead atoms. The maximum absolute atomic E-state index is 13.4. The van der Waals surface area contributed by atoms with Crippen LogP contribution in [0.5, 0.6) is 0 Å². The molecule has 0 saturated carbocycles. The molecule has 0 atom stereocenters. The summed E-state index contributed by atoms with van der Waals surface area (Å²) in [4.78, 5) is 26.9. The predicted molar refractivity (Wildman–Crippen MR) is 101 cm³/mol. The van der Waals surface area contributed by atoms with Gasteiger partial charge in [0.05, 0.1) is 11.3 Å². The molecule has 1 aliphatic rings. The van der Waals surface area contributed by atoms with Gasteiger partial charge in [0.1, 0.15) is 0 Å². The molecule has 1 aromatic heterocycles. The number of aryl methyl sites for hydroxylation is 1. The molecule has 5 nitrogen and oxygen atoms in total. The largest absolute Gasteiger partial charge is 0.418 e. The lowest BCUT2D eigenvalue weighted by atomic mass is 10.1. The number of anilines is 1. The summed E-state index contributed by atoms with van der Waals surface area (Å²) in [6, 6.07) is 13.4. The van der Waals surface area contributed by atoms with E-state index in [1.807, 2.05) is 12.1 Å². The average Bonchev–Trinajstić information content (AvgIpc) is 3.11. The van der Waals surface area contributed by atoms with E-state index >= 15 is 0 Å². The second kappa shape index (κ2) is 6.88. The smallest absolute Gasteiger partial charge is 0.306 e. The van der Waals surface area contributed by atoms with Crippen molar-refractivity contribution in [3.8, 4) is 5.69 Å². The molecule has 0 radical (unpaired) electrons. The van der Waals surface area contributed by atoms with Gasteiger partial charge in [-0.25, -0.2) is 4.68 Å². The average molecular weight is 399 g/mol. The Kier molecular flexibility index (Phi) is 4.49. The zero-order valence-electron chi connectivity index (χ0n) is 15.4. The summed E-state index contributed by atoms with van der Waals surface area (Å²) in [5.41, 5.74) is -0.332. The quantitative estimate of drug-likeness (QED) is 0.659. The van der Waals surface area contributed by atoms with Crippen LogP contribution in [0.2, 0.25) is 0 Å². The number of alkyl halides is 3. The molecule has 3 aromatic rings. The maximum atomic E-state index is 13.4. The summed E-state index contributed by atoms with van der Waals surface area (Å²) < 4.78 is 41.3. The fraction of sp³-hybridized carbons (Fsp3) is 0.190. The second-order valence-corrected chi connectivity index (χ2v) is 6.76. The lowest BCUT2D eigenvalue weighted by Gasteiger charge is -2.19. The fourth-order valence-corrected chi connectivity index (χ4v) is 3.51. The van der Waals surface area contributed by atoms with E-state index in [0.29, 0.717) is 18.7 Å². The molecule has 0 aliphatic carbocycles. The lowest BCUT2D eigenvalue weighted by Crippen LogP contribution is -2.35. The van der Waals surface area contributed by atoms with Crippen LogP contribution in [-0.2, 0) is 12.6 Å². The number of nitrogens with zero attached hydrogens (tertiary/aromatic N) is 3. The van der Waals surface area contributed by atoms with Crippen molar-refractivity contribution in [1.82, 2.24) is 9.78 Å². The first-order valence-corrected chi connectivity index (χ1v) is 8.95. The molecule has 4 rings (SSSR count). The summed E-state index contributed by atoms with van der Waals surface area (Å²) in [5, 5.41) is 4.05. The van der Waals surface area contributed by atoms with Crippen LogP contribution in [-0.4, -0.2) is 22.2 Å². The highest BCUT2D eigenvalue weighted by atomic mass is 19.4. The van der Waals surface area contributed by atoms with Gasteiger partial charge in [-0.05, 0) is 37.1 Å². The minimum absolute atomic E-state index is 0.199. The number of hydrogen-bond acceptors (Lipinski definition) is 3. The number of carbonyl (C=O) groups excluding carboxylic acids is 1. The van der Waals surface area contributed by atoms with Crippen LogP contribution in [0, 0.1) is 6.92 Å². The van der Waals surface area contributed by atoms with Crippen LogP contribution >= 0.6 is 0 Å². The summed E-state index contributed by atoms with van der Waals surface area (Å²) in [7, 11) is 0. The number of hydrogen-bond donors (Lipinski definition) is 0. The first-order chi connectivity index (χ1) is 13.8. The van der Waals surface area contributed by atoms with Crippen molar-refractivity contribution in [3.05, 3.63) is 87.3 Å². The number of benzene rings is 2. The monoisotopic (exact) mass is 399 g/mol. The summed E-state index contributed by atoms with van der Waals surface area (Å²) in [5.74, 6) is -0.627. The van der Waals surface area contributed by atoms with Gasteiger partial charge in [0.15, 0.2) is 5.69 Å². The van der Waals surface area contributed by atoms with Crippen molar-refractivity contribution < 1.29 is 18.0 Å². The van der Waals surface area contributed by atoms with Gasteiger partial charge in [0.2, 0.25) is 5.43 Å². The lowest BCUT2D eigenvalue weighted by molar-refractivity contribution is -0.137. The molecule has 2 heterocycles. The second-order valence-electron chi connectivity index (χ2n) is 6.76. The van der Waals surface area contributed by atoms with Crippen LogP contribution in [0.1, 0.15) is 27.3 Å². The molecule has 0 fully saturated rings. The molecule has 2 aromatic carbocycles. The van der Waals surface area contributed by atoms with Crippen molar-refractivity contribution in [2.24, 2.45) is 0 Å². The zero-order chi connectivity index (χ0) is 20.8. The number of rotatable bonds is 2. The Labute approximate surface area is 164 Å². The number of fused-ring (bicyclic) bond motifs is 1. The first kappa shape index (κ1) is 18.9. The molecule has 8 heteroatoms. The Hall–Kier alpha value is -3.42. The van der Waals surface area contributed by atoms with Crippen LogP contribution in [0.25, 0.3) is 5.69 Å². The molecule has 1 amide bonds. The molecule has 0 N–H and O–H groups in total. The first-order valence-electron chi connectivity index (χ1n) is 8.95. The van der Waals surface area contributed by atoms with E-state index in [9.17, 15) is 22.8 Å². The zero-order valence-corrected chi connectivity index (χ0v) is 15.4. The highest BCUT2D eigenvalue weighted by molar-refractivity contribution is 6.05. The predicted octanol–water partition coefficient (Wildman–Crippen LogP) is 3.76. The third-order valence-corrected chi connectivity index (χ3v) is 4.88. The van der Waals surface area contributed by atoms with E-state index in [1.165, 1.54) is 30.0 Å². The van der Waals surface area contributed by atoms with Gasteiger partial charge in [-0.2, -0.15) is 18.3 Å². The number of halogens is 3. The number of para-hydroxylation sites is 2. The molecule has 29 heavy (non-hydrogen) atoms. The molecular formula is C21H16F3N3O2. The Morgan fingerprint density at radius 1 is 1.03 bits per heavy atom. The highest BCUT2D eigenvalue weighted by Crippen LogP contribution is 2.34. The Balaban J connectivity index is 1.83. The topological polar surface area (TPSA) is 55.2 Å². The summed E-state index contributed by atoms with van der Waals surface area (Å²) in [6.07, 6.45) is -3.97. The van der Waals surface area contributed by atoms with E-state index in [4.69, 9.17) is 0 Å². The van der Waals surface area contributed by atoms with Crippen molar-refractivity contribution in [3.63, 3.8) is 0 Å². The van der Waals surface area contributed by atoms with Gasteiger partial charge in [-0.3, -0.25) is 9.59 Å². The molecule has 148 valence electrons. The van der Waals surface area contributed by atoms with E-state index in [-0.39, 0.29) is 11.4 Å². The third-order valence-electron chi connectivity index (χ3n) is 4.88. The van der Waals surface area contributed by atoms with Crippen LogP contribution in [0.3, 0.4) is 0 Å². The highest BCUT2D eigenvalue weighted by Gasteiger charge is 2.35. The van der Waals surface area contributed by atoms with Crippen molar-refractivity contribution in [2.45, 2.75) is 19.5 Å². The van der Waals surface area contributed by atoms with E-state index in [2.05, 4.69) is 5.10 Å². The minimum atomic E-state index is -4.61. The van der Waals surface area contributed by atoms with E-state index in [1.54, 1.807) is 12.1 Å². The minimum Gasteiger partial charge on any atom is -0.306 e. The van der Waals surface area contributed by atoms with Crippen LogP contribution < -0.4 is 10.3 Å². The van der Waals surface area contributed by atoms with Crippen molar-refractivity contribution in [2.75, 3.05) is 11.4 Å². The van der Waals surface area contributed by atoms with Gasteiger partial charge < -0.3 is 4.90 Å². The van der Waals surface area contributed by atoms with Gasteiger partial charge in [-0.1, -0.05) is 30.3 Å². The van der Waals surface area contributed by atoms with Gasteiger partial charge in [-0.15, -0.1) is 0 Å². The maximum Gasteiger partial charge on any atom is 0.418 e. The third kappa shape index (κ3) is 3.30. The van der Waals surface area contributed by atoms with Crippen molar-refractivity contribution >= 4 is 11.6 Å². The summed E-state index contributed by atoms with van der Waals surface area (Å²) >= 11 is 0.